The van der Waals surface area contributed by atoms with E-state index in [1.54, 1.807) is 6.07 Å². The van der Waals surface area contributed by atoms with Gasteiger partial charge in [0.25, 0.3) is 5.69 Å². The largest absolute Gasteiger partial charge is 0.495 e. The van der Waals surface area contributed by atoms with E-state index in [1.165, 1.54) is 19.2 Å². The molecule has 0 unspecified atom stereocenters. The van der Waals surface area contributed by atoms with Crippen LogP contribution in [0, 0.1) is 21.6 Å². The zero-order valence-corrected chi connectivity index (χ0v) is 11.4. The van der Waals surface area contributed by atoms with E-state index in [0.717, 1.165) is 0 Å². The van der Waals surface area contributed by atoms with E-state index in [4.69, 9.17) is 4.74 Å². The molecule has 90 valence electrons. The van der Waals surface area contributed by atoms with Crippen LogP contribution in [0.15, 0.2) is 18.2 Å². The molecule has 0 heterocycles. The van der Waals surface area contributed by atoms with E-state index in [2.05, 4.69) is 31.1 Å². The third kappa shape index (κ3) is 3.92. The van der Waals surface area contributed by atoms with Crippen LogP contribution in [0.25, 0.3) is 0 Å². The molecule has 0 amide bonds. The lowest BCUT2D eigenvalue weighted by atomic mass is 10.2. The summed E-state index contributed by atoms with van der Waals surface area (Å²) in [7, 11) is 0.0232. The molecule has 0 saturated carbocycles. The van der Waals surface area contributed by atoms with Crippen molar-refractivity contribution in [2.75, 3.05) is 7.11 Å². The van der Waals surface area contributed by atoms with Crippen molar-refractivity contribution in [3.63, 3.8) is 0 Å². The molecule has 1 rings (SSSR count). The molecule has 1 aromatic rings. The van der Waals surface area contributed by atoms with Crippen LogP contribution in [0.3, 0.4) is 0 Å². The Morgan fingerprint density at radius 2 is 2.00 bits per heavy atom. The fourth-order valence-corrected chi connectivity index (χ4v) is 1.66. The number of rotatable bonds is 2. The topological polar surface area (TPSA) is 52.4 Å². The lowest BCUT2D eigenvalue weighted by Crippen LogP contribution is -2.16. The maximum absolute atomic E-state index is 10.6. The minimum absolute atomic E-state index is 0.0143. The molecule has 0 aliphatic rings. The smallest absolute Gasteiger partial charge is 0.273 e. The van der Waals surface area contributed by atoms with E-state index in [0.29, 0.717) is 11.3 Å². The Labute approximate surface area is 102 Å². The minimum atomic E-state index is -1.46. The monoisotopic (exact) mass is 249 g/mol. The van der Waals surface area contributed by atoms with Gasteiger partial charge in [0, 0.05) is 6.07 Å². The third-order valence-electron chi connectivity index (χ3n) is 1.97. The molecule has 0 spiro atoms. The van der Waals surface area contributed by atoms with Crippen molar-refractivity contribution >= 4 is 13.8 Å². The van der Waals surface area contributed by atoms with Gasteiger partial charge in [-0.2, -0.15) is 0 Å². The standard InChI is InChI=1S/C12H15NO3Si/c1-16-12-9-11(13(14)15)6-5-10(12)7-8-17(2,3)4/h5-6,9H,1-4H3. The summed E-state index contributed by atoms with van der Waals surface area (Å²) in [6.45, 7) is 6.41. The zero-order chi connectivity index (χ0) is 13.1. The lowest BCUT2D eigenvalue weighted by Gasteiger charge is -2.05. The summed E-state index contributed by atoms with van der Waals surface area (Å²) in [5.74, 6) is 3.48. The number of nitrogens with zero attached hydrogens (tertiary/aromatic N) is 1. The number of hydrogen-bond acceptors (Lipinski definition) is 3. The molecule has 1 aromatic carbocycles. The molecule has 0 aliphatic carbocycles. The predicted octanol–water partition coefficient (Wildman–Crippen LogP) is 2.83. The Bertz CT molecular complexity index is 495. The van der Waals surface area contributed by atoms with Crippen molar-refractivity contribution in [3.05, 3.63) is 33.9 Å². The van der Waals surface area contributed by atoms with Gasteiger partial charge in [0.1, 0.15) is 13.8 Å². The Balaban J connectivity index is 3.17. The van der Waals surface area contributed by atoms with Gasteiger partial charge in [0.2, 0.25) is 0 Å². The van der Waals surface area contributed by atoms with Crippen molar-refractivity contribution < 1.29 is 9.66 Å². The van der Waals surface area contributed by atoms with E-state index in [-0.39, 0.29) is 5.69 Å². The van der Waals surface area contributed by atoms with Gasteiger partial charge in [0.05, 0.1) is 23.7 Å². The van der Waals surface area contributed by atoms with Crippen molar-refractivity contribution in [1.82, 2.24) is 0 Å². The molecule has 0 aromatic heterocycles. The average Bonchev–Trinajstić information content (AvgIpc) is 2.24. The average molecular weight is 249 g/mol. The molecule has 0 N–H and O–H groups in total. The van der Waals surface area contributed by atoms with Gasteiger partial charge in [-0.05, 0) is 6.07 Å². The molecule has 5 heteroatoms. The van der Waals surface area contributed by atoms with Crippen LogP contribution in [0.4, 0.5) is 5.69 Å². The second-order valence-corrected chi connectivity index (χ2v) is 9.39. The summed E-state index contributed by atoms with van der Waals surface area (Å²) in [5.41, 5.74) is 3.91. The van der Waals surface area contributed by atoms with Crippen LogP contribution in [0.5, 0.6) is 5.75 Å². The van der Waals surface area contributed by atoms with E-state index in [9.17, 15) is 10.1 Å². The summed E-state index contributed by atoms with van der Waals surface area (Å²) in [4.78, 5) is 10.2. The second kappa shape index (κ2) is 5.02. The van der Waals surface area contributed by atoms with Crippen molar-refractivity contribution in [3.8, 4) is 17.2 Å². The van der Waals surface area contributed by atoms with E-state index >= 15 is 0 Å². The van der Waals surface area contributed by atoms with Gasteiger partial charge < -0.3 is 4.74 Å². The van der Waals surface area contributed by atoms with Gasteiger partial charge in [-0.1, -0.05) is 25.6 Å². The van der Waals surface area contributed by atoms with Crippen LogP contribution < -0.4 is 4.74 Å². The number of nitro benzene ring substituents is 1. The Kier molecular flexibility index (Phi) is 3.92. The maximum atomic E-state index is 10.6. The molecule has 0 bridgehead atoms. The molecule has 0 atom stereocenters. The van der Waals surface area contributed by atoms with Crippen LogP contribution in [-0.4, -0.2) is 20.1 Å². The summed E-state index contributed by atoms with van der Waals surface area (Å²) in [6, 6.07) is 4.47. The SMILES string of the molecule is COc1cc([N+](=O)[O-])ccc1C#C[Si](C)(C)C. The Morgan fingerprint density at radius 3 is 2.47 bits per heavy atom. The maximum Gasteiger partial charge on any atom is 0.273 e. The lowest BCUT2D eigenvalue weighted by molar-refractivity contribution is -0.384. The second-order valence-electron chi connectivity index (χ2n) is 4.64. The molecular weight excluding hydrogens is 234 g/mol. The van der Waals surface area contributed by atoms with Gasteiger partial charge in [-0.3, -0.25) is 10.1 Å². The molecule has 0 saturated heterocycles. The first-order valence-electron chi connectivity index (χ1n) is 5.19. The fourth-order valence-electron chi connectivity index (χ4n) is 1.15. The van der Waals surface area contributed by atoms with E-state index < -0.39 is 13.0 Å². The highest BCUT2D eigenvalue weighted by Gasteiger charge is 2.11. The molecule has 17 heavy (non-hydrogen) atoms. The first-order chi connectivity index (χ1) is 7.83. The van der Waals surface area contributed by atoms with Gasteiger partial charge in [0.15, 0.2) is 0 Å². The molecule has 0 radical (unpaired) electrons. The number of non-ortho nitro benzene ring substituents is 1. The Morgan fingerprint density at radius 1 is 1.35 bits per heavy atom. The third-order valence-corrected chi connectivity index (χ3v) is 2.84. The van der Waals surface area contributed by atoms with Crippen molar-refractivity contribution in [2.45, 2.75) is 19.6 Å². The number of benzene rings is 1. The number of nitro groups is 1. The first-order valence-corrected chi connectivity index (χ1v) is 8.69. The van der Waals surface area contributed by atoms with Crippen LogP contribution >= 0.6 is 0 Å². The summed E-state index contributed by atoms with van der Waals surface area (Å²) in [5, 5.41) is 10.6. The summed E-state index contributed by atoms with van der Waals surface area (Å²) in [6.07, 6.45) is 0. The van der Waals surface area contributed by atoms with Crippen LogP contribution in [-0.2, 0) is 0 Å². The van der Waals surface area contributed by atoms with Crippen LogP contribution in [0.1, 0.15) is 5.56 Å². The highest BCUT2D eigenvalue weighted by Crippen LogP contribution is 2.23. The molecule has 4 nitrogen and oxygen atoms in total. The zero-order valence-electron chi connectivity index (χ0n) is 10.4. The van der Waals surface area contributed by atoms with Crippen LogP contribution in [0.2, 0.25) is 19.6 Å². The molecule has 0 aliphatic heterocycles. The normalized spacial score (nSPS) is 10.4. The summed E-state index contributed by atoms with van der Waals surface area (Å²) >= 11 is 0. The highest BCUT2D eigenvalue weighted by molar-refractivity contribution is 6.83. The number of ether oxygens (including phenoxy) is 1. The first kappa shape index (κ1) is 13.3. The number of hydrogen-bond donors (Lipinski definition) is 0. The minimum Gasteiger partial charge on any atom is -0.495 e. The summed E-state index contributed by atoms with van der Waals surface area (Å²) < 4.78 is 5.11. The Hall–Kier alpha value is -1.80. The quantitative estimate of drug-likeness (QED) is 0.350. The highest BCUT2D eigenvalue weighted by atomic mass is 28.3. The predicted molar refractivity (Wildman–Crippen MR) is 69.9 cm³/mol. The van der Waals surface area contributed by atoms with Gasteiger partial charge in [-0.15, -0.1) is 5.54 Å². The van der Waals surface area contributed by atoms with Crippen molar-refractivity contribution in [1.29, 1.82) is 0 Å². The molecular formula is C12H15NO3Si. The number of methoxy groups -OCH3 is 1. The van der Waals surface area contributed by atoms with Gasteiger partial charge in [-0.25, -0.2) is 0 Å². The fraction of sp³-hybridized carbons (Fsp3) is 0.333. The molecule has 0 fully saturated rings. The van der Waals surface area contributed by atoms with E-state index in [1.807, 2.05) is 0 Å². The van der Waals surface area contributed by atoms with Gasteiger partial charge >= 0.3 is 0 Å². The van der Waals surface area contributed by atoms with Crippen molar-refractivity contribution in [2.24, 2.45) is 0 Å².